The molecular weight excluding hydrogens is 240 g/mol. The number of aliphatic carboxylic acids is 1. The third-order valence-corrected chi connectivity index (χ3v) is 3.76. The molecule has 0 saturated carbocycles. The lowest BCUT2D eigenvalue weighted by atomic mass is 10.0. The molecule has 1 amide bonds. The summed E-state index contributed by atoms with van der Waals surface area (Å²) in [6.07, 6.45) is 1.71. The second-order valence-corrected chi connectivity index (χ2v) is 5.42. The van der Waals surface area contributed by atoms with Crippen LogP contribution in [0.4, 0.5) is 0 Å². The van der Waals surface area contributed by atoms with Crippen molar-refractivity contribution in [1.29, 1.82) is 0 Å². The Hall–Kier alpha value is -0.750. The second-order valence-electron chi connectivity index (χ2n) is 4.39. The van der Waals surface area contributed by atoms with Crippen molar-refractivity contribution in [3.63, 3.8) is 0 Å². The Bertz CT molecular complexity index is 267. The zero-order valence-corrected chi connectivity index (χ0v) is 10.9. The van der Waals surface area contributed by atoms with Crippen LogP contribution in [0, 0.1) is 5.92 Å². The molecule has 0 spiro atoms. The van der Waals surface area contributed by atoms with Crippen LogP contribution in [-0.2, 0) is 9.59 Å². The first-order chi connectivity index (χ1) is 8.09. The number of thioether (sulfide) groups is 1. The third-order valence-electron chi connectivity index (χ3n) is 2.82. The Labute approximate surface area is 106 Å². The maximum Gasteiger partial charge on any atom is 0.303 e. The van der Waals surface area contributed by atoms with Gasteiger partial charge < -0.3 is 10.4 Å². The summed E-state index contributed by atoms with van der Waals surface area (Å²) in [7, 11) is 0. The fourth-order valence-electron chi connectivity index (χ4n) is 1.64. The molecule has 0 bridgehead atoms. The van der Waals surface area contributed by atoms with Gasteiger partial charge in [-0.1, -0.05) is 6.92 Å². The van der Waals surface area contributed by atoms with E-state index in [0.717, 1.165) is 18.1 Å². The van der Waals surface area contributed by atoms with Gasteiger partial charge in [0.1, 0.15) is 0 Å². The number of carboxylic acids is 1. The Balaban J connectivity index is 2.06. The first kappa shape index (κ1) is 14.3. The van der Waals surface area contributed by atoms with Crippen LogP contribution in [0.3, 0.4) is 0 Å². The van der Waals surface area contributed by atoms with E-state index in [-0.39, 0.29) is 18.4 Å². The lowest BCUT2D eigenvalue weighted by molar-refractivity contribution is -0.137. The van der Waals surface area contributed by atoms with Gasteiger partial charge in [-0.15, -0.1) is 11.8 Å². The van der Waals surface area contributed by atoms with Gasteiger partial charge in [0.25, 0.3) is 0 Å². The van der Waals surface area contributed by atoms with Crippen molar-refractivity contribution < 1.29 is 14.7 Å². The molecule has 3 N–H and O–H groups in total. The predicted octanol–water partition coefficient (Wildman–Crippen LogP) is 0.656. The minimum atomic E-state index is -0.756. The van der Waals surface area contributed by atoms with Gasteiger partial charge in [-0.3, -0.25) is 14.9 Å². The van der Waals surface area contributed by atoms with Crippen LogP contribution >= 0.6 is 11.8 Å². The summed E-state index contributed by atoms with van der Waals surface area (Å²) < 4.78 is 0. The van der Waals surface area contributed by atoms with Crippen molar-refractivity contribution >= 4 is 23.6 Å². The minimum absolute atomic E-state index is 0.0560. The van der Waals surface area contributed by atoms with E-state index in [1.807, 2.05) is 6.92 Å². The topological polar surface area (TPSA) is 78.4 Å². The summed E-state index contributed by atoms with van der Waals surface area (Å²) in [6, 6.07) is -0.0608. The fourth-order valence-corrected chi connectivity index (χ4v) is 2.58. The fraction of sp³-hybridized carbons (Fsp3) is 0.818. The van der Waals surface area contributed by atoms with E-state index in [9.17, 15) is 9.59 Å². The lowest BCUT2D eigenvalue weighted by Crippen LogP contribution is -2.42. The molecule has 6 heteroatoms. The SMILES string of the molecule is CC(CCNC(=O)C1CSCN1)CCC(=O)O. The van der Waals surface area contributed by atoms with Gasteiger partial charge in [-0.2, -0.15) is 0 Å². The van der Waals surface area contributed by atoms with E-state index in [0.29, 0.717) is 18.9 Å². The van der Waals surface area contributed by atoms with Gasteiger partial charge in [-0.25, -0.2) is 0 Å². The number of hydrogen-bond acceptors (Lipinski definition) is 4. The first-order valence-corrected chi connectivity index (χ1v) is 7.05. The Morgan fingerprint density at radius 2 is 2.29 bits per heavy atom. The highest BCUT2D eigenvalue weighted by atomic mass is 32.2. The van der Waals surface area contributed by atoms with Crippen molar-refractivity contribution in [1.82, 2.24) is 10.6 Å². The van der Waals surface area contributed by atoms with Gasteiger partial charge in [0, 0.05) is 24.6 Å². The summed E-state index contributed by atoms with van der Waals surface area (Å²) >= 11 is 1.72. The molecule has 1 saturated heterocycles. The van der Waals surface area contributed by atoms with Crippen LogP contribution in [0.1, 0.15) is 26.2 Å². The van der Waals surface area contributed by atoms with Crippen molar-refractivity contribution in [2.75, 3.05) is 18.2 Å². The summed E-state index contributed by atoms with van der Waals surface area (Å²) in [5.74, 6) is 1.30. The number of carboxylic acid groups (broad SMARTS) is 1. The Morgan fingerprint density at radius 3 is 2.88 bits per heavy atom. The zero-order chi connectivity index (χ0) is 12.7. The average Bonchev–Trinajstić information content (AvgIpc) is 2.79. The monoisotopic (exact) mass is 260 g/mol. The van der Waals surface area contributed by atoms with Crippen LogP contribution in [0.25, 0.3) is 0 Å². The smallest absolute Gasteiger partial charge is 0.303 e. The predicted molar refractivity (Wildman–Crippen MR) is 67.9 cm³/mol. The number of hydrogen-bond donors (Lipinski definition) is 3. The molecule has 0 radical (unpaired) electrons. The van der Waals surface area contributed by atoms with E-state index >= 15 is 0 Å². The molecule has 1 rings (SSSR count). The largest absolute Gasteiger partial charge is 0.481 e. The lowest BCUT2D eigenvalue weighted by Gasteiger charge is -2.13. The molecule has 0 aromatic carbocycles. The number of carbonyl (C=O) groups excluding carboxylic acids is 1. The average molecular weight is 260 g/mol. The quantitative estimate of drug-likeness (QED) is 0.626. The van der Waals surface area contributed by atoms with Crippen molar-refractivity contribution in [3.05, 3.63) is 0 Å². The minimum Gasteiger partial charge on any atom is -0.481 e. The highest BCUT2D eigenvalue weighted by Gasteiger charge is 2.21. The molecule has 0 aromatic heterocycles. The maximum atomic E-state index is 11.6. The molecule has 1 heterocycles. The summed E-state index contributed by atoms with van der Waals surface area (Å²) in [4.78, 5) is 22.0. The summed E-state index contributed by atoms with van der Waals surface area (Å²) in [6.45, 7) is 2.64. The van der Waals surface area contributed by atoms with Crippen LogP contribution < -0.4 is 10.6 Å². The molecule has 98 valence electrons. The van der Waals surface area contributed by atoms with Crippen LogP contribution in [-0.4, -0.2) is 41.2 Å². The number of amides is 1. The molecule has 1 fully saturated rings. The zero-order valence-electron chi connectivity index (χ0n) is 10.1. The highest BCUT2D eigenvalue weighted by molar-refractivity contribution is 7.99. The van der Waals surface area contributed by atoms with Gasteiger partial charge in [0.2, 0.25) is 5.91 Å². The Morgan fingerprint density at radius 1 is 1.53 bits per heavy atom. The van der Waals surface area contributed by atoms with E-state index in [2.05, 4.69) is 10.6 Å². The molecule has 2 unspecified atom stereocenters. The first-order valence-electron chi connectivity index (χ1n) is 5.90. The highest BCUT2D eigenvalue weighted by Crippen LogP contribution is 2.11. The van der Waals surface area contributed by atoms with E-state index in [4.69, 9.17) is 5.11 Å². The number of rotatable bonds is 7. The van der Waals surface area contributed by atoms with Crippen LogP contribution in [0.15, 0.2) is 0 Å². The van der Waals surface area contributed by atoms with Crippen LogP contribution in [0.2, 0.25) is 0 Å². The van der Waals surface area contributed by atoms with E-state index in [1.165, 1.54) is 0 Å². The Kier molecular flexibility index (Phi) is 6.36. The van der Waals surface area contributed by atoms with Crippen molar-refractivity contribution in [3.8, 4) is 0 Å². The van der Waals surface area contributed by atoms with Crippen LogP contribution in [0.5, 0.6) is 0 Å². The standard InChI is InChI=1S/C11H20N2O3S/c1-8(2-3-10(14)15)4-5-12-11(16)9-6-17-7-13-9/h8-9,13H,2-7H2,1H3,(H,12,16)(H,14,15). The third kappa shape index (κ3) is 5.93. The summed E-state index contributed by atoms with van der Waals surface area (Å²) in [5.41, 5.74) is 0. The summed E-state index contributed by atoms with van der Waals surface area (Å²) in [5, 5.41) is 14.5. The molecule has 5 nitrogen and oxygen atoms in total. The molecule has 1 aliphatic rings. The molecule has 17 heavy (non-hydrogen) atoms. The number of nitrogens with one attached hydrogen (secondary N) is 2. The molecule has 0 aromatic rings. The van der Waals surface area contributed by atoms with Crippen molar-refractivity contribution in [2.45, 2.75) is 32.2 Å². The van der Waals surface area contributed by atoms with E-state index in [1.54, 1.807) is 11.8 Å². The number of carbonyl (C=O) groups is 2. The van der Waals surface area contributed by atoms with Gasteiger partial charge >= 0.3 is 5.97 Å². The molecular formula is C11H20N2O3S. The van der Waals surface area contributed by atoms with Gasteiger partial charge in [0.15, 0.2) is 0 Å². The normalized spacial score (nSPS) is 21.1. The molecule has 2 atom stereocenters. The molecule has 0 aliphatic carbocycles. The van der Waals surface area contributed by atoms with Crippen molar-refractivity contribution in [2.24, 2.45) is 5.92 Å². The van der Waals surface area contributed by atoms with Gasteiger partial charge in [0.05, 0.1) is 6.04 Å². The van der Waals surface area contributed by atoms with Gasteiger partial charge in [-0.05, 0) is 18.8 Å². The molecule has 1 aliphatic heterocycles. The second kappa shape index (κ2) is 7.55. The maximum absolute atomic E-state index is 11.6. The van der Waals surface area contributed by atoms with E-state index < -0.39 is 5.97 Å².